The third-order valence-electron chi connectivity index (χ3n) is 4.02. The zero-order valence-electron chi connectivity index (χ0n) is 15.7. The summed E-state index contributed by atoms with van der Waals surface area (Å²) in [6.07, 6.45) is 2.34. The van der Waals surface area contributed by atoms with Gasteiger partial charge in [0.05, 0.1) is 6.54 Å². The number of hydrogen-bond acceptors (Lipinski definition) is 3. The summed E-state index contributed by atoms with van der Waals surface area (Å²) in [5.41, 5.74) is 3.23. The van der Waals surface area contributed by atoms with Gasteiger partial charge in [0.25, 0.3) is 0 Å². The largest absolute Gasteiger partial charge is 0.357 e. The number of nitrogens with zero attached hydrogens (tertiary/aromatic N) is 3. The highest BCUT2D eigenvalue weighted by Crippen LogP contribution is 2.16. The van der Waals surface area contributed by atoms with Gasteiger partial charge in [0.15, 0.2) is 11.8 Å². The SMILES string of the molecule is CCNC(=NCc1cccc(-c2ncn[nH]2)c1)NCCc1ccccc1Cl.I. The number of aliphatic imine (C=N–C) groups is 1. The molecule has 0 fully saturated rings. The van der Waals surface area contributed by atoms with Crippen molar-refractivity contribution in [3.63, 3.8) is 0 Å². The first-order valence-electron chi connectivity index (χ1n) is 8.96. The molecule has 6 nitrogen and oxygen atoms in total. The number of rotatable bonds is 7. The molecule has 1 heterocycles. The van der Waals surface area contributed by atoms with Crippen molar-refractivity contribution in [2.75, 3.05) is 13.1 Å². The molecule has 0 spiro atoms. The summed E-state index contributed by atoms with van der Waals surface area (Å²) in [6, 6.07) is 16.0. The molecular weight excluding hydrogens is 487 g/mol. The fourth-order valence-electron chi connectivity index (χ4n) is 2.69. The molecule has 3 aromatic rings. The maximum absolute atomic E-state index is 6.21. The van der Waals surface area contributed by atoms with E-state index < -0.39 is 0 Å². The molecule has 3 N–H and O–H groups in total. The van der Waals surface area contributed by atoms with Crippen molar-refractivity contribution in [2.24, 2.45) is 4.99 Å². The monoisotopic (exact) mass is 510 g/mol. The summed E-state index contributed by atoms with van der Waals surface area (Å²) in [4.78, 5) is 8.87. The molecule has 0 aliphatic rings. The molecule has 0 aliphatic heterocycles. The van der Waals surface area contributed by atoms with Gasteiger partial charge in [-0.25, -0.2) is 9.98 Å². The number of benzene rings is 2. The van der Waals surface area contributed by atoms with Crippen molar-refractivity contribution in [1.82, 2.24) is 25.8 Å². The van der Waals surface area contributed by atoms with Crippen molar-refractivity contribution in [3.05, 3.63) is 71.0 Å². The molecule has 0 saturated carbocycles. The number of nitrogens with one attached hydrogen (secondary N) is 3. The highest BCUT2D eigenvalue weighted by molar-refractivity contribution is 14.0. The third-order valence-corrected chi connectivity index (χ3v) is 4.39. The van der Waals surface area contributed by atoms with Crippen LogP contribution in [0.4, 0.5) is 0 Å². The van der Waals surface area contributed by atoms with Gasteiger partial charge in [0.2, 0.25) is 0 Å². The average molecular weight is 511 g/mol. The van der Waals surface area contributed by atoms with Gasteiger partial charge < -0.3 is 10.6 Å². The fraction of sp³-hybridized carbons (Fsp3) is 0.250. The summed E-state index contributed by atoms with van der Waals surface area (Å²) in [7, 11) is 0. The summed E-state index contributed by atoms with van der Waals surface area (Å²) in [6.45, 7) is 4.18. The number of guanidine groups is 1. The third kappa shape index (κ3) is 6.49. The van der Waals surface area contributed by atoms with E-state index >= 15 is 0 Å². The van der Waals surface area contributed by atoms with Gasteiger partial charge in [0.1, 0.15) is 6.33 Å². The first-order chi connectivity index (χ1) is 13.3. The Kier molecular flexibility index (Phi) is 9.22. The predicted octanol–water partition coefficient (Wildman–Crippen LogP) is 4.04. The number of aromatic nitrogens is 3. The Hall–Kier alpha value is -2.13. The van der Waals surface area contributed by atoms with Crippen LogP contribution in [0.25, 0.3) is 11.4 Å². The van der Waals surface area contributed by atoms with E-state index in [1.165, 1.54) is 6.33 Å². The van der Waals surface area contributed by atoms with E-state index in [1.54, 1.807) is 0 Å². The zero-order chi connectivity index (χ0) is 18.9. The van der Waals surface area contributed by atoms with Crippen LogP contribution in [0.1, 0.15) is 18.1 Å². The van der Waals surface area contributed by atoms with Crippen molar-refractivity contribution in [2.45, 2.75) is 19.9 Å². The average Bonchev–Trinajstić information content (AvgIpc) is 3.23. The molecule has 1 aromatic heterocycles. The van der Waals surface area contributed by atoms with Crippen molar-refractivity contribution < 1.29 is 0 Å². The summed E-state index contributed by atoms with van der Waals surface area (Å²) in [5.74, 6) is 1.54. The Morgan fingerprint density at radius 1 is 1.14 bits per heavy atom. The molecule has 0 unspecified atom stereocenters. The van der Waals surface area contributed by atoms with Crippen molar-refractivity contribution >= 4 is 41.5 Å². The van der Waals surface area contributed by atoms with Crippen LogP contribution in [-0.4, -0.2) is 34.2 Å². The second-order valence-electron chi connectivity index (χ2n) is 6.00. The van der Waals surface area contributed by atoms with Gasteiger partial charge in [-0.15, -0.1) is 24.0 Å². The lowest BCUT2D eigenvalue weighted by atomic mass is 10.1. The summed E-state index contributed by atoms with van der Waals surface area (Å²) < 4.78 is 0. The number of aromatic amines is 1. The first-order valence-corrected chi connectivity index (χ1v) is 9.34. The van der Waals surface area contributed by atoms with E-state index in [1.807, 2.05) is 36.4 Å². The Labute approximate surface area is 187 Å². The van der Waals surface area contributed by atoms with Crippen LogP contribution >= 0.6 is 35.6 Å². The Morgan fingerprint density at radius 2 is 2.00 bits per heavy atom. The summed E-state index contributed by atoms with van der Waals surface area (Å²) in [5, 5.41) is 14.2. The molecule has 0 radical (unpaired) electrons. The second kappa shape index (κ2) is 11.7. The molecule has 2 aromatic carbocycles. The lowest BCUT2D eigenvalue weighted by Gasteiger charge is -2.12. The smallest absolute Gasteiger partial charge is 0.191 e. The molecule has 3 rings (SSSR count). The highest BCUT2D eigenvalue weighted by Gasteiger charge is 2.03. The van der Waals surface area contributed by atoms with Gasteiger partial charge in [-0.1, -0.05) is 48.0 Å². The second-order valence-corrected chi connectivity index (χ2v) is 6.41. The molecule has 0 saturated heterocycles. The lowest BCUT2D eigenvalue weighted by Crippen LogP contribution is -2.38. The van der Waals surface area contributed by atoms with Crippen LogP contribution in [-0.2, 0) is 13.0 Å². The Morgan fingerprint density at radius 3 is 2.75 bits per heavy atom. The zero-order valence-corrected chi connectivity index (χ0v) is 18.7. The van der Waals surface area contributed by atoms with Gasteiger partial charge >= 0.3 is 0 Å². The fourth-order valence-corrected chi connectivity index (χ4v) is 2.92. The molecule has 0 aliphatic carbocycles. The van der Waals surface area contributed by atoms with E-state index in [4.69, 9.17) is 11.6 Å². The highest BCUT2D eigenvalue weighted by atomic mass is 127. The molecule has 0 atom stereocenters. The lowest BCUT2D eigenvalue weighted by molar-refractivity contribution is 0.800. The van der Waals surface area contributed by atoms with Crippen LogP contribution < -0.4 is 10.6 Å². The maximum Gasteiger partial charge on any atom is 0.191 e. The van der Waals surface area contributed by atoms with Crippen LogP contribution in [0.3, 0.4) is 0 Å². The molecule has 8 heteroatoms. The van der Waals surface area contributed by atoms with E-state index in [0.717, 1.165) is 53.0 Å². The van der Waals surface area contributed by atoms with Crippen LogP contribution in [0.2, 0.25) is 5.02 Å². The van der Waals surface area contributed by atoms with E-state index in [2.05, 4.69) is 49.9 Å². The maximum atomic E-state index is 6.21. The number of halogens is 2. The summed E-state index contributed by atoms with van der Waals surface area (Å²) >= 11 is 6.21. The normalized spacial score (nSPS) is 11.0. The van der Waals surface area contributed by atoms with Gasteiger partial charge in [-0.3, -0.25) is 5.10 Å². The molecule has 28 heavy (non-hydrogen) atoms. The predicted molar refractivity (Wildman–Crippen MR) is 125 cm³/mol. The van der Waals surface area contributed by atoms with Crippen molar-refractivity contribution in [1.29, 1.82) is 0 Å². The topological polar surface area (TPSA) is 78.0 Å². The van der Waals surface area contributed by atoms with Gasteiger partial charge in [0, 0.05) is 23.7 Å². The van der Waals surface area contributed by atoms with Crippen LogP contribution in [0, 0.1) is 0 Å². The van der Waals surface area contributed by atoms with E-state index in [-0.39, 0.29) is 24.0 Å². The minimum Gasteiger partial charge on any atom is -0.357 e. The molecular formula is C20H24ClIN6. The van der Waals surface area contributed by atoms with Crippen molar-refractivity contribution in [3.8, 4) is 11.4 Å². The molecule has 0 bridgehead atoms. The minimum absolute atomic E-state index is 0. The molecule has 148 valence electrons. The van der Waals surface area contributed by atoms with Crippen LogP contribution in [0.5, 0.6) is 0 Å². The van der Waals surface area contributed by atoms with E-state index in [0.29, 0.717) is 6.54 Å². The van der Waals surface area contributed by atoms with Gasteiger partial charge in [-0.05, 0) is 36.6 Å². The minimum atomic E-state index is 0. The van der Waals surface area contributed by atoms with Gasteiger partial charge in [-0.2, -0.15) is 5.10 Å². The standard InChI is InChI=1S/C20H23ClN6.HI/c1-2-22-20(23-11-10-16-7-3-4-9-18(16)21)24-13-15-6-5-8-17(12-15)19-25-14-26-27-19;/h3-9,12,14H,2,10-11,13H2,1H3,(H2,22,23,24)(H,25,26,27);1H. The quantitative estimate of drug-likeness (QED) is 0.255. The van der Waals surface area contributed by atoms with Crippen LogP contribution in [0.15, 0.2) is 59.9 Å². The molecule has 0 amide bonds. The Bertz CT molecular complexity index is 882. The number of H-pyrrole nitrogens is 1. The van der Waals surface area contributed by atoms with E-state index in [9.17, 15) is 0 Å². The first kappa shape index (κ1) is 22.2. The Balaban J connectivity index is 0.00000280. The number of hydrogen-bond donors (Lipinski definition) is 3.